The first-order valence-electron chi connectivity index (χ1n) is 8.07. The van der Waals surface area contributed by atoms with E-state index in [1.54, 1.807) is 24.5 Å². The molecule has 25 heavy (non-hydrogen) atoms. The fourth-order valence-electron chi connectivity index (χ4n) is 2.93. The van der Waals surface area contributed by atoms with Crippen LogP contribution in [0.4, 0.5) is 4.79 Å². The van der Waals surface area contributed by atoms with Crippen molar-refractivity contribution in [3.63, 3.8) is 0 Å². The van der Waals surface area contributed by atoms with Crippen molar-refractivity contribution < 1.29 is 23.0 Å². The van der Waals surface area contributed by atoms with Gasteiger partial charge in [-0.2, -0.15) is 0 Å². The number of ether oxygens (including phenoxy) is 1. The molecule has 0 bridgehead atoms. The van der Waals surface area contributed by atoms with Crippen molar-refractivity contribution in [2.45, 2.75) is 32.8 Å². The van der Waals surface area contributed by atoms with Crippen LogP contribution in [-0.2, 0) is 20.2 Å². The molecule has 0 aromatic rings. The van der Waals surface area contributed by atoms with Crippen LogP contribution >= 0.6 is 0 Å². The molecule has 0 saturated carbocycles. The van der Waals surface area contributed by atoms with Gasteiger partial charge < -0.3 is 14.6 Å². The van der Waals surface area contributed by atoms with Crippen molar-refractivity contribution in [1.82, 2.24) is 4.31 Å². The molecule has 134 valence electrons. The Labute approximate surface area is 149 Å². The summed E-state index contributed by atoms with van der Waals surface area (Å²) in [5.41, 5.74) is 1.41. The quantitative estimate of drug-likeness (QED) is 0.750. The second-order valence-corrected chi connectivity index (χ2v) is 7.74. The SMILES string of the molecule is CC1(C)C=CC=CC1OS(=O)N(CC1=C2OC=CC=C2CC1)C(=O)[O-]. The third kappa shape index (κ3) is 3.77. The highest BCUT2D eigenvalue weighted by Crippen LogP contribution is 2.35. The topological polar surface area (TPSA) is 78.9 Å². The Morgan fingerprint density at radius 3 is 2.92 bits per heavy atom. The highest BCUT2D eigenvalue weighted by molar-refractivity contribution is 7.78. The van der Waals surface area contributed by atoms with E-state index in [0.29, 0.717) is 16.5 Å². The van der Waals surface area contributed by atoms with Crippen LogP contribution in [0.1, 0.15) is 26.7 Å². The number of carbonyl (C=O) groups excluding carboxylic acids is 1. The smallest absolute Gasteiger partial charge is 0.266 e. The summed E-state index contributed by atoms with van der Waals surface area (Å²) in [7, 11) is 0. The van der Waals surface area contributed by atoms with Crippen molar-refractivity contribution in [3.05, 3.63) is 59.6 Å². The van der Waals surface area contributed by atoms with Crippen LogP contribution in [0.2, 0.25) is 0 Å². The molecule has 2 atom stereocenters. The summed E-state index contributed by atoms with van der Waals surface area (Å²) < 4.78 is 24.2. The molecule has 0 spiro atoms. The number of carboxylic acid groups (broad SMARTS) is 1. The predicted octanol–water partition coefficient (Wildman–Crippen LogP) is 2.27. The molecular weight excluding hydrogens is 342 g/mol. The maximum absolute atomic E-state index is 12.5. The van der Waals surface area contributed by atoms with E-state index in [1.807, 2.05) is 32.1 Å². The van der Waals surface area contributed by atoms with Gasteiger partial charge in [0.25, 0.3) is 11.3 Å². The summed E-state index contributed by atoms with van der Waals surface area (Å²) in [5.74, 6) is 0.659. The lowest BCUT2D eigenvalue weighted by Crippen LogP contribution is -2.45. The van der Waals surface area contributed by atoms with Crippen LogP contribution in [0.5, 0.6) is 0 Å². The molecule has 6 nitrogen and oxygen atoms in total. The first-order valence-corrected chi connectivity index (χ1v) is 9.10. The van der Waals surface area contributed by atoms with Gasteiger partial charge in [0.05, 0.1) is 12.8 Å². The molecule has 0 saturated heterocycles. The zero-order chi connectivity index (χ0) is 18.0. The summed E-state index contributed by atoms with van der Waals surface area (Å²) in [6.07, 6.45) is 12.0. The molecule has 7 heteroatoms. The number of carbonyl (C=O) groups is 1. The maximum atomic E-state index is 12.5. The van der Waals surface area contributed by atoms with Crippen LogP contribution in [0, 0.1) is 5.41 Å². The molecule has 2 aliphatic carbocycles. The second-order valence-electron chi connectivity index (χ2n) is 6.67. The number of amides is 1. The summed E-state index contributed by atoms with van der Waals surface area (Å²) in [4.78, 5) is 11.5. The molecule has 1 heterocycles. The van der Waals surface area contributed by atoms with Gasteiger partial charge in [0.1, 0.15) is 11.9 Å². The largest absolute Gasteiger partial charge is 0.529 e. The van der Waals surface area contributed by atoms with E-state index in [-0.39, 0.29) is 12.0 Å². The van der Waals surface area contributed by atoms with E-state index >= 15 is 0 Å². The van der Waals surface area contributed by atoms with Crippen molar-refractivity contribution in [1.29, 1.82) is 0 Å². The molecule has 0 radical (unpaired) electrons. The van der Waals surface area contributed by atoms with Crippen molar-refractivity contribution >= 4 is 17.4 Å². The molecule has 0 fully saturated rings. The van der Waals surface area contributed by atoms with Gasteiger partial charge in [0, 0.05) is 5.41 Å². The minimum atomic E-state index is -2.18. The number of hydrogen-bond acceptors (Lipinski definition) is 5. The van der Waals surface area contributed by atoms with Gasteiger partial charge in [-0.3, -0.25) is 4.18 Å². The highest BCUT2D eigenvalue weighted by atomic mass is 32.2. The lowest BCUT2D eigenvalue weighted by molar-refractivity contribution is -0.259. The van der Waals surface area contributed by atoms with E-state index in [1.165, 1.54) is 0 Å². The minimum absolute atomic E-state index is 0.0673. The summed E-state index contributed by atoms with van der Waals surface area (Å²) in [6.45, 7) is 3.79. The molecule has 3 aliphatic rings. The molecule has 1 amide bonds. The van der Waals surface area contributed by atoms with Crippen LogP contribution in [0.25, 0.3) is 0 Å². The number of hydrogen-bond donors (Lipinski definition) is 0. The van der Waals surface area contributed by atoms with Crippen molar-refractivity contribution in [2.75, 3.05) is 6.54 Å². The summed E-state index contributed by atoms with van der Waals surface area (Å²) >= 11 is -2.18. The summed E-state index contributed by atoms with van der Waals surface area (Å²) in [5, 5.41) is 11.5. The van der Waals surface area contributed by atoms with Crippen LogP contribution in [0.15, 0.2) is 59.6 Å². The minimum Gasteiger partial charge on any atom is -0.529 e. The van der Waals surface area contributed by atoms with Gasteiger partial charge in [-0.15, -0.1) is 0 Å². The van der Waals surface area contributed by atoms with E-state index < -0.39 is 23.5 Å². The average Bonchev–Trinajstić information content (AvgIpc) is 2.97. The molecule has 2 unspecified atom stereocenters. The zero-order valence-electron chi connectivity index (χ0n) is 14.1. The first kappa shape index (κ1) is 17.7. The summed E-state index contributed by atoms with van der Waals surface area (Å²) in [6, 6.07) is 0. The Bertz CT molecular complexity index is 745. The Morgan fingerprint density at radius 1 is 1.40 bits per heavy atom. The zero-order valence-corrected chi connectivity index (χ0v) is 15.0. The maximum Gasteiger partial charge on any atom is 0.266 e. The van der Waals surface area contributed by atoms with Gasteiger partial charge in [-0.25, -0.2) is 8.51 Å². The normalized spacial score (nSPS) is 24.6. The lowest BCUT2D eigenvalue weighted by Gasteiger charge is -2.32. The van der Waals surface area contributed by atoms with Crippen LogP contribution in [0.3, 0.4) is 0 Å². The van der Waals surface area contributed by atoms with Gasteiger partial charge in [0.2, 0.25) is 0 Å². The molecular formula is C18H20NO5S-. The Morgan fingerprint density at radius 2 is 2.20 bits per heavy atom. The fraction of sp³-hybridized carbons (Fsp3) is 0.389. The van der Waals surface area contributed by atoms with E-state index in [2.05, 4.69) is 0 Å². The monoisotopic (exact) mass is 362 g/mol. The lowest BCUT2D eigenvalue weighted by atomic mass is 9.83. The van der Waals surface area contributed by atoms with E-state index in [0.717, 1.165) is 17.6 Å². The number of allylic oxidation sites excluding steroid dienone is 5. The third-order valence-electron chi connectivity index (χ3n) is 4.43. The third-order valence-corrected chi connectivity index (χ3v) is 5.44. The van der Waals surface area contributed by atoms with Gasteiger partial charge in [-0.05, 0) is 30.1 Å². The Hall–Kier alpha value is -2.12. The van der Waals surface area contributed by atoms with Crippen molar-refractivity contribution in [2.24, 2.45) is 5.41 Å². The number of fused-ring (bicyclic) bond motifs is 1. The average molecular weight is 362 g/mol. The van der Waals surface area contributed by atoms with Gasteiger partial charge in [-0.1, -0.05) is 44.2 Å². The van der Waals surface area contributed by atoms with E-state index in [9.17, 15) is 14.1 Å². The standard InChI is InChI=1S/C18H21NO5S/c1-18(2)10-4-3-7-15(18)24-25(22)19(17(20)21)12-14-9-8-13-6-5-11-23-16(13)14/h3-7,10-11,15H,8-9,12H2,1-2H3,(H,20,21)/p-1. The number of rotatable bonds is 5. The van der Waals surface area contributed by atoms with Crippen LogP contribution < -0.4 is 5.11 Å². The van der Waals surface area contributed by atoms with E-state index in [4.69, 9.17) is 8.92 Å². The Balaban J connectivity index is 1.74. The second kappa shape index (κ2) is 7.01. The Kier molecular flexibility index (Phi) is 4.96. The predicted molar refractivity (Wildman–Crippen MR) is 91.7 cm³/mol. The van der Waals surface area contributed by atoms with Gasteiger partial charge >= 0.3 is 0 Å². The van der Waals surface area contributed by atoms with Crippen molar-refractivity contribution in [3.8, 4) is 0 Å². The van der Waals surface area contributed by atoms with Crippen LogP contribution in [-0.4, -0.2) is 27.3 Å². The molecule has 0 aromatic heterocycles. The molecule has 0 N–H and O–H groups in total. The highest BCUT2D eigenvalue weighted by Gasteiger charge is 2.32. The first-order chi connectivity index (χ1) is 11.9. The molecule has 0 aromatic carbocycles. The fourth-order valence-corrected chi connectivity index (χ4v) is 3.91. The number of nitrogens with zero attached hydrogens (tertiary/aromatic N) is 1. The molecule has 1 aliphatic heterocycles. The molecule has 3 rings (SSSR count). The van der Waals surface area contributed by atoms with Gasteiger partial charge in [0.15, 0.2) is 6.09 Å².